The largest absolute Gasteiger partial charge is 0.454 e. The van der Waals surface area contributed by atoms with Crippen molar-refractivity contribution in [3.63, 3.8) is 0 Å². The molecule has 0 spiro atoms. The maximum absolute atomic E-state index is 10.9. The van der Waals surface area contributed by atoms with Crippen LogP contribution in [0.1, 0.15) is 30.5 Å². The molecule has 1 heterocycles. The molecule has 0 fully saturated rings. The first-order valence-electron chi connectivity index (χ1n) is 11.9. The second kappa shape index (κ2) is 9.54. The number of nitrogens with one attached hydrogen (secondary N) is 1. The first-order chi connectivity index (χ1) is 17.1. The van der Waals surface area contributed by atoms with Crippen molar-refractivity contribution < 1.29 is 9.66 Å². The lowest BCUT2D eigenvalue weighted by Crippen LogP contribution is -1.95. The second-order valence-electron chi connectivity index (χ2n) is 8.49. The zero-order valence-electron chi connectivity index (χ0n) is 19.7. The highest BCUT2D eigenvalue weighted by Gasteiger charge is 2.17. The van der Waals surface area contributed by atoms with Crippen LogP contribution < -0.4 is 10.1 Å². The molecule has 1 aliphatic heterocycles. The smallest absolute Gasteiger partial charge is 0.269 e. The number of aryl methyl sites for hydroxylation is 2. The van der Waals surface area contributed by atoms with Gasteiger partial charge in [-0.15, -0.1) is 5.11 Å². The first kappa shape index (κ1) is 22.5. The highest BCUT2D eigenvalue weighted by atomic mass is 16.6. The molecule has 7 nitrogen and oxygen atoms in total. The number of azo groups is 1. The van der Waals surface area contributed by atoms with Gasteiger partial charge >= 0.3 is 0 Å². The molecular weight excluding hydrogens is 440 g/mol. The summed E-state index contributed by atoms with van der Waals surface area (Å²) in [5.74, 6) is 1.37. The van der Waals surface area contributed by atoms with Crippen LogP contribution in [0.3, 0.4) is 0 Å². The predicted octanol–water partition coefficient (Wildman–Crippen LogP) is 8.05. The van der Waals surface area contributed by atoms with Crippen molar-refractivity contribution in [1.82, 2.24) is 0 Å². The number of rotatable bonds is 7. The number of benzene rings is 4. The number of nitro groups is 1. The van der Waals surface area contributed by atoms with Crippen molar-refractivity contribution in [3.05, 3.63) is 93.5 Å². The van der Waals surface area contributed by atoms with Gasteiger partial charge in [0.05, 0.1) is 10.6 Å². The molecule has 0 radical (unpaired) electrons. The molecule has 1 N–H and O–H groups in total. The van der Waals surface area contributed by atoms with Gasteiger partial charge in [-0.1, -0.05) is 38.1 Å². The number of hydrogen-bond donors (Lipinski definition) is 1. The Morgan fingerprint density at radius 1 is 0.943 bits per heavy atom. The van der Waals surface area contributed by atoms with Crippen molar-refractivity contribution in [2.24, 2.45) is 10.2 Å². The SMILES string of the molecule is CCc1ccc2c(Oc3cc4c(cc3N=Nc3ccc([N+](=O)[O-])cc3)CCN4)cccc2c1CC. The lowest BCUT2D eigenvalue weighted by atomic mass is 9.95. The van der Waals surface area contributed by atoms with Crippen molar-refractivity contribution in [3.8, 4) is 11.5 Å². The van der Waals surface area contributed by atoms with Gasteiger partial charge in [-0.3, -0.25) is 10.1 Å². The molecule has 7 heteroatoms. The molecule has 0 amide bonds. The van der Waals surface area contributed by atoms with Crippen LogP contribution in [-0.4, -0.2) is 11.5 Å². The molecule has 0 saturated carbocycles. The van der Waals surface area contributed by atoms with Crippen LogP contribution in [0.2, 0.25) is 0 Å². The van der Waals surface area contributed by atoms with Crippen molar-refractivity contribution in [2.75, 3.05) is 11.9 Å². The van der Waals surface area contributed by atoms with Crippen molar-refractivity contribution >= 4 is 33.5 Å². The Labute approximate surface area is 203 Å². The normalized spacial score (nSPS) is 12.6. The van der Waals surface area contributed by atoms with E-state index >= 15 is 0 Å². The summed E-state index contributed by atoms with van der Waals surface area (Å²) >= 11 is 0. The third-order valence-corrected chi connectivity index (χ3v) is 6.41. The quantitative estimate of drug-likeness (QED) is 0.169. The number of hydrogen-bond acceptors (Lipinski definition) is 6. The number of nitrogens with zero attached hydrogens (tertiary/aromatic N) is 3. The van der Waals surface area contributed by atoms with Gasteiger partial charge in [0, 0.05) is 35.8 Å². The van der Waals surface area contributed by atoms with E-state index in [0.29, 0.717) is 17.1 Å². The summed E-state index contributed by atoms with van der Waals surface area (Å²) in [5, 5.41) is 25.4. The fourth-order valence-corrected chi connectivity index (χ4v) is 4.62. The van der Waals surface area contributed by atoms with E-state index in [1.165, 1.54) is 28.6 Å². The maximum Gasteiger partial charge on any atom is 0.269 e. The van der Waals surface area contributed by atoms with Gasteiger partial charge in [0.2, 0.25) is 0 Å². The van der Waals surface area contributed by atoms with E-state index in [-0.39, 0.29) is 5.69 Å². The van der Waals surface area contributed by atoms with Crippen LogP contribution in [0.25, 0.3) is 10.8 Å². The van der Waals surface area contributed by atoms with Gasteiger partial charge in [-0.05, 0) is 65.6 Å². The Hall–Kier alpha value is -4.26. The van der Waals surface area contributed by atoms with E-state index in [4.69, 9.17) is 4.74 Å². The standard InChI is InChI=1S/C28H26N4O3/c1-3-18-8-13-24-23(22(18)4-2)6-5-7-27(24)35-28-17-25-19(14-15-29-25)16-26(28)31-30-20-9-11-21(12-10-20)32(33)34/h5-13,16-17,29H,3-4,14-15H2,1-2H3. The molecule has 35 heavy (non-hydrogen) atoms. The fourth-order valence-electron chi connectivity index (χ4n) is 4.62. The highest BCUT2D eigenvalue weighted by Crippen LogP contribution is 2.41. The summed E-state index contributed by atoms with van der Waals surface area (Å²) in [7, 11) is 0. The zero-order chi connectivity index (χ0) is 24.4. The Bertz CT molecular complexity index is 1450. The Kier molecular flexibility index (Phi) is 6.14. The third kappa shape index (κ3) is 4.45. The van der Waals surface area contributed by atoms with Gasteiger partial charge < -0.3 is 10.1 Å². The van der Waals surface area contributed by atoms with Crippen LogP contribution in [0, 0.1) is 10.1 Å². The monoisotopic (exact) mass is 466 g/mol. The van der Waals surface area contributed by atoms with Crippen LogP contribution >= 0.6 is 0 Å². The molecule has 4 aromatic carbocycles. The van der Waals surface area contributed by atoms with Crippen molar-refractivity contribution in [1.29, 1.82) is 0 Å². The summed E-state index contributed by atoms with van der Waals surface area (Å²) in [4.78, 5) is 10.5. The van der Waals surface area contributed by atoms with Gasteiger partial charge in [0.15, 0.2) is 5.75 Å². The number of fused-ring (bicyclic) bond motifs is 2. The summed E-state index contributed by atoms with van der Waals surface area (Å²) in [6.45, 7) is 5.23. The number of anilines is 1. The minimum absolute atomic E-state index is 0.0187. The maximum atomic E-state index is 10.9. The van der Waals surface area contributed by atoms with Gasteiger partial charge in [-0.25, -0.2) is 0 Å². The molecule has 0 aliphatic carbocycles. The molecule has 0 aromatic heterocycles. The number of ether oxygens (including phenoxy) is 1. The minimum atomic E-state index is -0.433. The number of non-ortho nitro benzene ring substituents is 1. The Morgan fingerprint density at radius 3 is 2.51 bits per heavy atom. The van der Waals surface area contributed by atoms with Crippen LogP contribution in [-0.2, 0) is 19.3 Å². The lowest BCUT2D eigenvalue weighted by Gasteiger charge is -2.15. The van der Waals surface area contributed by atoms with Crippen molar-refractivity contribution in [2.45, 2.75) is 33.1 Å². The first-order valence-corrected chi connectivity index (χ1v) is 11.9. The summed E-state index contributed by atoms with van der Waals surface area (Å²) < 4.78 is 6.48. The molecular formula is C28H26N4O3. The summed E-state index contributed by atoms with van der Waals surface area (Å²) in [6, 6.07) is 20.5. The molecule has 0 unspecified atom stereocenters. The van der Waals surface area contributed by atoms with Gasteiger partial charge in [-0.2, -0.15) is 5.11 Å². The van der Waals surface area contributed by atoms with E-state index in [1.54, 1.807) is 12.1 Å². The minimum Gasteiger partial charge on any atom is -0.454 e. The molecule has 0 saturated heterocycles. The van der Waals surface area contributed by atoms with E-state index in [9.17, 15) is 10.1 Å². The fraction of sp³-hybridized carbons (Fsp3) is 0.214. The Balaban J connectivity index is 1.54. The Morgan fingerprint density at radius 2 is 1.77 bits per heavy atom. The molecule has 4 aromatic rings. The molecule has 0 atom stereocenters. The predicted molar refractivity (Wildman–Crippen MR) is 139 cm³/mol. The van der Waals surface area contributed by atoms with E-state index in [0.717, 1.165) is 48.2 Å². The van der Waals surface area contributed by atoms with Gasteiger partial charge in [0.25, 0.3) is 5.69 Å². The molecule has 5 rings (SSSR count). The summed E-state index contributed by atoms with van der Waals surface area (Å²) in [5.41, 5.74) is 6.07. The highest BCUT2D eigenvalue weighted by molar-refractivity contribution is 5.92. The van der Waals surface area contributed by atoms with Gasteiger partial charge in [0.1, 0.15) is 11.4 Å². The topological polar surface area (TPSA) is 89.1 Å². The number of nitro benzene ring substituents is 1. The van der Waals surface area contributed by atoms with E-state index in [1.807, 2.05) is 24.3 Å². The lowest BCUT2D eigenvalue weighted by molar-refractivity contribution is -0.384. The summed E-state index contributed by atoms with van der Waals surface area (Å²) in [6.07, 6.45) is 2.86. The average Bonchev–Trinajstić information content (AvgIpc) is 3.34. The van der Waals surface area contributed by atoms with E-state index < -0.39 is 4.92 Å². The second-order valence-corrected chi connectivity index (χ2v) is 8.49. The van der Waals surface area contributed by atoms with Crippen LogP contribution in [0.5, 0.6) is 11.5 Å². The van der Waals surface area contributed by atoms with Crippen LogP contribution in [0.15, 0.2) is 77.0 Å². The average molecular weight is 467 g/mol. The van der Waals surface area contributed by atoms with Crippen LogP contribution in [0.4, 0.5) is 22.7 Å². The molecule has 0 bridgehead atoms. The molecule has 176 valence electrons. The van der Waals surface area contributed by atoms with E-state index in [2.05, 4.69) is 47.6 Å². The molecule has 1 aliphatic rings. The third-order valence-electron chi connectivity index (χ3n) is 6.41. The zero-order valence-corrected chi connectivity index (χ0v) is 19.7.